The summed E-state index contributed by atoms with van der Waals surface area (Å²) in [5, 5.41) is 6.26. The number of rotatable bonds is 1. The van der Waals surface area contributed by atoms with Crippen LogP contribution < -0.4 is 9.75 Å². The maximum Gasteiger partial charge on any atom is 0.244 e. The molecule has 0 bridgehead atoms. The summed E-state index contributed by atoms with van der Waals surface area (Å²) in [5.41, 5.74) is 2.72. The van der Waals surface area contributed by atoms with Gasteiger partial charge in [-0.1, -0.05) is 18.2 Å². The van der Waals surface area contributed by atoms with E-state index >= 15 is 0 Å². The Kier molecular flexibility index (Phi) is 3.06. The lowest BCUT2D eigenvalue weighted by Gasteiger charge is -2.24. The standard InChI is InChI=1S/C14H13ClN4O/c1-8-6-4-5-7-10(8)13-18-19(3)12-11(20-13)9(2)16-14(15)17-12/h4-7H,1-3H3. The number of hydrogen-bond acceptors (Lipinski definition) is 5. The van der Waals surface area contributed by atoms with Crippen LogP contribution >= 0.6 is 11.6 Å². The van der Waals surface area contributed by atoms with Crippen LogP contribution in [0, 0.1) is 13.8 Å². The van der Waals surface area contributed by atoms with E-state index in [9.17, 15) is 0 Å². The lowest BCUT2D eigenvalue weighted by Crippen LogP contribution is -2.26. The van der Waals surface area contributed by atoms with Crippen LogP contribution in [0.2, 0.25) is 5.28 Å². The molecule has 0 amide bonds. The highest BCUT2D eigenvalue weighted by Gasteiger charge is 2.24. The van der Waals surface area contributed by atoms with Gasteiger partial charge < -0.3 is 4.74 Å². The van der Waals surface area contributed by atoms with Crippen molar-refractivity contribution in [2.24, 2.45) is 5.10 Å². The Bertz CT molecular complexity index is 714. The van der Waals surface area contributed by atoms with Crippen LogP contribution in [0.1, 0.15) is 16.8 Å². The van der Waals surface area contributed by atoms with E-state index in [-0.39, 0.29) is 5.28 Å². The van der Waals surface area contributed by atoms with Gasteiger partial charge in [-0.2, -0.15) is 4.98 Å². The molecule has 1 aliphatic heterocycles. The Hall–Kier alpha value is -2.14. The van der Waals surface area contributed by atoms with Gasteiger partial charge in [0.1, 0.15) is 0 Å². The Morgan fingerprint density at radius 3 is 2.65 bits per heavy atom. The normalized spacial score (nSPS) is 13.6. The minimum absolute atomic E-state index is 0.186. The lowest BCUT2D eigenvalue weighted by atomic mass is 10.1. The molecule has 3 rings (SSSR count). The van der Waals surface area contributed by atoms with Gasteiger partial charge in [0, 0.05) is 12.6 Å². The molecule has 0 N–H and O–H groups in total. The third-order valence-corrected chi connectivity index (χ3v) is 3.28. The Balaban J connectivity index is 2.10. The summed E-state index contributed by atoms with van der Waals surface area (Å²) >= 11 is 5.87. The van der Waals surface area contributed by atoms with Gasteiger partial charge in [0.2, 0.25) is 11.2 Å². The average molecular weight is 289 g/mol. The SMILES string of the molecule is Cc1ccccc1C1=NN(C)c2nc(Cl)nc(C)c2O1. The van der Waals surface area contributed by atoms with Crippen molar-refractivity contribution >= 4 is 23.3 Å². The van der Waals surface area contributed by atoms with Gasteiger partial charge >= 0.3 is 0 Å². The molecule has 1 aromatic carbocycles. The van der Waals surface area contributed by atoms with E-state index in [1.807, 2.05) is 45.2 Å². The van der Waals surface area contributed by atoms with Crippen LogP contribution in [-0.4, -0.2) is 22.9 Å². The Morgan fingerprint density at radius 1 is 1.15 bits per heavy atom. The van der Waals surface area contributed by atoms with Gasteiger partial charge in [-0.15, -0.1) is 5.10 Å². The van der Waals surface area contributed by atoms with E-state index in [0.29, 0.717) is 23.2 Å². The average Bonchev–Trinajstić information content (AvgIpc) is 2.40. The van der Waals surface area contributed by atoms with Crippen LogP contribution in [0.25, 0.3) is 0 Å². The van der Waals surface area contributed by atoms with Crippen molar-refractivity contribution in [2.45, 2.75) is 13.8 Å². The van der Waals surface area contributed by atoms with Gasteiger partial charge in [-0.3, -0.25) is 0 Å². The van der Waals surface area contributed by atoms with E-state index in [1.54, 1.807) is 5.01 Å². The van der Waals surface area contributed by atoms with Crippen molar-refractivity contribution in [3.63, 3.8) is 0 Å². The zero-order chi connectivity index (χ0) is 14.3. The van der Waals surface area contributed by atoms with Gasteiger partial charge in [0.15, 0.2) is 11.6 Å². The minimum atomic E-state index is 0.186. The molecule has 0 fully saturated rings. The van der Waals surface area contributed by atoms with Gasteiger partial charge in [-0.05, 0) is 37.1 Å². The van der Waals surface area contributed by atoms with E-state index in [1.165, 1.54) is 0 Å². The number of halogens is 1. The molecule has 0 saturated heterocycles. The highest BCUT2D eigenvalue weighted by Crippen LogP contribution is 2.33. The molecule has 1 aromatic heterocycles. The highest BCUT2D eigenvalue weighted by atomic mass is 35.5. The van der Waals surface area contributed by atoms with Crippen LogP contribution in [0.15, 0.2) is 29.4 Å². The number of ether oxygens (including phenoxy) is 1. The Labute approximate surface area is 121 Å². The predicted octanol–water partition coefficient (Wildman–Crippen LogP) is 2.94. The summed E-state index contributed by atoms with van der Waals surface area (Å²) < 4.78 is 5.88. The fraction of sp³-hybridized carbons (Fsp3) is 0.214. The van der Waals surface area contributed by atoms with Crippen LogP contribution in [-0.2, 0) is 0 Å². The molecule has 20 heavy (non-hydrogen) atoms. The third-order valence-electron chi connectivity index (χ3n) is 3.11. The van der Waals surface area contributed by atoms with Crippen molar-refractivity contribution < 1.29 is 4.74 Å². The molecule has 0 atom stereocenters. The summed E-state index contributed by atoms with van der Waals surface area (Å²) in [6, 6.07) is 7.92. The highest BCUT2D eigenvalue weighted by molar-refractivity contribution is 6.28. The van der Waals surface area contributed by atoms with Crippen molar-refractivity contribution in [1.29, 1.82) is 0 Å². The first kappa shape index (κ1) is 12.9. The van der Waals surface area contributed by atoms with E-state index in [4.69, 9.17) is 16.3 Å². The molecule has 0 aliphatic carbocycles. The molecule has 2 heterocycles. The molecular formula is C14H13ClN4O. The summed E-state index contributed by atoms with van der Waals surface area (Å²) in [6.45, 7) is 3.85. The molecule has 6 heteroatoms. The van der Waals surface area contributed by atoms with Gasteiger partial charge in [-0.25, -0.2) is 9.99 Å². The fourth-order valence-electron chi connectivity index (χ4n) is 2.08. The number of fused-ring (bicyclic) bond motifs is 1. The number of anilines is 1. The number of aromatic nitrogens is 2. The molecule has 2 aromatic rings. The first-order valence-corrected chi connectivity index (χ1v) is 6.54. The zero-order valence-corrected chi connectivity index (χ0v) is 12.1. The number of hydrogen-bond donors (Lipinski definition) is 0. The van der Waals surface area contributed by atoms with Gasteiger partial charge in [0.25, 0.3) is 0 Å². The smallest absolute Gasteiger partial charge is 0.244 e. The van der Waals surface area contributed by atoms with Crippen molar-refractivity contribution in [3.8, 4) is 5.75 Å². The first-order valence-electron chi connectivity index (χ1n) is 6.16. The first-order chi connectivity index (χ1) is 9.56. The van der Waals surface area contributed by atoms with Crippen molar-refractivity contribution in [1.82, 2.24) is 9.97 Å². The topological polar surface area (TPSA) is 50.6 Å². The van der Waals surface area contributed by atoms with E-state index in [2.05, 4.69) is 15.1 Å². The zero-order valence-electron chi connectivity index (χ0n) is 11.4. The molecule has 0 unspecified atom stereocenters. The van der Waals surface area contributed by atoms with Crippen LogP contribution in [0.5, 0.6) is 5.75 Å². The second kappa shape index (κ2) is 4.76. The molecule has 1 aliphatic rings. The second-order valence-corrected chi connectivity index (χ2v) is 4.91. The molecule has 5 nitrogen and oxygen atoms in total. The molecular weight excluding hydrogens is 276 g/mol. The number of nitrogens with zero attached hydrogens (tertiary/aromatic N) is 4. The lowest BCUT2D eigenvalue weighted by molar-refractivity contribution is 0.519. The molecule has 102 valence electrons. The largest absolute Gasteiger partial charge is 0.431 e. The molecule has 0 saturated carbocycles. The summed E-state index contributed by atoms with van der Waals surface area (Å²) in [7, 11) is 1.81. The van der Waals surface area contributed by atoms with Crippen LogP contribution in [0.4, 0.5) is 5.82 Å². The molecule has 0 radical (unpaired) electrons. The monoisotopic (exact) mass is 288 g/mol. The summed E-state index contributed by atoms with van der Waals surface area (Å²) in [5.74, 6) is 1.69. The Morgan fingerprint density at radius 2 is 1.90 bits per heavy atom. The number of hydrazone groups is 1. The second-order valence-electron chi connectivity index (χ2n) is 4.58. The minimum Gasteiger partial charge on any atom is -0.431 e. The number of aryl methyl sites for hydroxylation is 2. The fourth-order valence-corrected chi connectivity index (χ4v) is 2.28. The quantitative estimate of drug-likeness (QED) is 0.757. The third kappa shape index (κ3) is 2.10. The van der Waals surface area contributed by atoms with E-state index in [0.717, 1.165) is 11.1 Å². The van der Waals surface area contributed by atoms with Crippen molar-refractivity contribution in [2.75, 3.05) is 12.1 Å². The van der Waals surface area contributed by atoms with Gasteiger partial charge in [0.05, 0.1) is 5.69 Å². The predicted molar refractivity (Wildman–Crippen MR) is 78.5 cm³/mol. The molecule has 0 spiro atoms. The summed E-state index contributed by atoms with van der Waals surface area (Å²) in [6.07, 6.45) is 0. The van der Waals surface area contributed by atoms with Crippen LogP contribution in [0.3, 0.4) is 0 Å². The van der Waals surface area contributed by atoms with E-state index < -0.39 is 0 Å². The maximum absolute atomic E-state index is 5.88. The number of benzene rings is 1. The summed E-state index contributed by atoms with van der Waals surface area (Å²) in [4.78, 5) is 8.27. The van der Waals surface area contributed by atoms with Crippen molar-refractivity contribution in [3.05, 3.63) is 46.4 Å². The maximum atomic E-state index is 5.88.